The van der Waals surface area contributed by atoms with Gasteiger partial charge in [-0.15, -0.1) is 11.3 Å². The zero-order valence-corrected chi connectivity index (χ0v) is 12.0. The van der Waals surface area contributed by atoms with E-state index in [1.165, 1.54) is 11.3 Å². The van der Waals surface area contributed by atoms with Crippen LogP contribution in [0.25, 0.3) is 0 Å². The number of benzene rings is 1. The van der Waals surface area contributed by atoms with Crippen molar-refractivity contribution in [2.45, 2.75) is 20.4 Å². The number of nitro groups is 1. The van der Waals surface area contributed by atoms with Crippen molar-refractivity contribution in [2.75, 3.05) is 5.32 Å². The molecule has 2 rings (SSSR count). The number of anilines is 1. The van der Waals surface area contributed by atoms with Gasteiger partial charge in [-0.25, -0.2) is 4.98 Å². The van der Waals surface area contributed by atoms with Crippen LogP contribution < -0.4 is 5.32 Å². The lowest BCUT2D eigenvalue weighted by molar-refractivity contribution is -0.385. The number of thiazole rings is 1. The summed E-state index contributed by atoms with van der Waals surface area (Å²) in [6, 6.07) is 3.36. The molecule has 0 radical (unpaired) electrons. The van der Waals surface area contributed by atoms with Crippen LogP contribution in [0.3, 0.4) is 0 Å². The van der Waals surface area contributed by atoms with E-state index in [1.54, 1.807) is 25.3 Å². The third-order valence-corrected chi connectivity index (χ3v) is 3.81. The summed E-state index contributed by atoms with van der Waals surface area (Å²) in [5, 5.41) is 14.9. The second kappa shape index (κ2) is 5.54. The Kier molecular flexibility index (Phi) is 4.01. The topological polar surface area (TPSA) is 68.1 Å². The largest absolute Gasteiger partial charge is 0.378 e. The Hall–Kier alpha value is -1.66. The number of rotatable bonds is 4. The zero-order valence-electron chi connectivity index (χ0n) is 10.4. The first kappa shape index (κ1) is 13.8. The average Bonchev–Trinajstić information content (AvgIpc) is 2.75. The lowest BCUT2D eigenvalue weighted by Gasteiger charge is -2.09. The van der Waals surface area contributed by atoms with Gasteiger partial charge < -0.3 is 5.32 Å². The predicted octanol–water partition coefficient (Wildman–Crippen LogP) is 3.93. The highest BCUT2D eigenvalue weighted by atomic mass is 35.5. The van der Waals surface area contributed by atoms with E-state index in [-0.39, 0.29) is 10.6 Å². The zero-order chi connectivity index (χ0) is 14.0. The molecular formula is C12H12ClN3O2S. The molecule has 1 heterocycles. The molecule has 7 heteroatoms. The number of hydrogen-bond acceptors (Lipinski definition) is 5. The molecule has 1 N–H and O–H groups in total. The van der Waals surface area contributed by atoms with E-state index in [2.05, 4.69) is 10.3 Å². The maximum atomic E-state index is 10.8. The van der Waals surface area contributed by atoms with Crippen molar-refractivity contribution in [3.8, 4) is 0 Å². The summed E-state index contributed by atoms with van der Waals surface area (Å²) in [7, 11) is 0. The lowest BCUT2D eigenvalue weighted by Crippen LogP contribution is -2.02. The minimum atomic E-state index is -0.368. The average molecular weight is 298 g/mol. The molecule has 2 aromatic rings. The highest BCUT2D eigenvalue weighted by Crippen LogP contribution is 2.27. The van der Waals surface area contributed by atoms with Gasteiger partial charge in [0.15, 0.2) is 0 Å². The Balaban J connectivity index is 2.17. The van der Waals surface area contributed by atoms with Crippen molar-refractivity contribution < 1.29 is 4.92 Å². The highest BCUT2D eigenvalue weighted by molar-refractivity contribution is 7.15. The number of aryl methyl sites for hydroxylation is 2. The van der Waals surface area contributed by atoms with Gasteiger partial charge >= 0.3 is 0 Å². The summed E-state index contributed by atoms with van der Waals surface area (Å²) >= 11 is 7.22. The Bertz CT molecular complexity index is 627. The van der Waals surface area contributed by atoms with Gasteiger partial charge in [0, 0.05) is 17.3 Å². The second-order valence-electron chi connectivity index (χ2n) is 4.12. The normalized spacial score (nSPS) is 10.5. The molecule has 0 saturated carbocycles. The van der Waals surface area contributed by atoms with Gasteiger partial charge in [0.25, 0.3) is 5.69 Å². The number of hydrogen-bond donors (Lipinski definition) is 1. The first-order chi connectivity index (χ1) is 8.97. The van der Waals surface area contributed by atoms with Crippen LogP contribution in [-0.2, 0) is 6.54 Å². The van der Waals surface area contributed by atoms with Crippen molar-refractivity contribution in [1.29, 1.82) is 0 Å². The van der Waals surface area contributed by atoms with Gasteiger partial charge in [-0.1, -0.05) is 11.6 Å². The molecule has 0 amide bonds. The van der Waals surface area contributed by atoms with Gasteiger partial charge in [0.2, 0.25) is 0 Å². The van der Waals surface area contributed by atoms with Crippen LogP contribution in [0.5, 0.6) is 0 Å². The van der Waals surface area contributed by atoms with E-state index in [9.17, 15) is 10.1 Å². The van der Waals surface area contributed by atoms with Crippen LogP contribution in [-0.4, -0.2) is 9.91 Å². The fourth-order valence-electron chi connectivity index (χ4n) is 1.73. The van der Waals surface area contributed by atoms with Crippen LogP contribution in [0, 0.1) is 24.0 Å². The molecule has 5 nitrogen and oxygen atoms in total. The number of nitro benzene ring substituents is 1. The molecule has 0 fully saturated rings. The number of nitrogens with one attached hydrogen (secondary N) is 1. The van der Waals surface area contributed by atoms with Crippen LogP contribution in [0.2, 0.25) is 4.34 Å². The highest BCUT2D eigenvalue weighted by Gasteiger charge is 2.13. The van der Waals surface area contributed by atoms with Crippen LogP contribution in [0.1, 0.15) is 16.1 Å². The van der Waals surface area contributed by atoms with E-state index in [0.717, 1.165) is 16.3 Å². The minimum Gasteiger partial charge on any atom is -0.378 e. The lowest BCUT2D eigenvalue weighted by atomic mass is 10.1. The molecule has 0 atom stereocenters. The Labute approximate surface area is 119 Å². The maximum Gasteiger partial charge on any atom is 0.272 e. The Morgan fingerprint density at radius 2 is 2.16 bits per heavy atom. The van der Waals surface area contributed by atoms with Crippen molar-refractivity contribution in [1.82, 2.24) is 4.98 Å². The molecule has 1 aromatic heterocycles. The molecule has 0 unspecified atom stereocenters. The van der Waals surface area contributed by atoms with E-state index in [4.69, 9.17) is 11.6 Å². The number of nitrogens with zero attached hydrogens (tertiary/aromatic N) is 2. The fourth-order valence-corrected chi connectivity index (χ4v) is 2.62. The molecular weight excluding hydrogens is 286 g/mol. The van der Waals surface area contributed by atoms with E-state index < -0.39 is 0 Å². The van der Waals surface area contributed by atoms with Gasteiger partial charge in [-0.2, -0.15) is 0 Å². The number of halogens is 1. The monoisotopic (exact) mass is 297 g/mol. The first-order valence-corrected chi connectivity index (χ1v) is 6.76. The standard InChI is InChI=1S/C12H12ClN3O2S/c1-7-4-10(16(17)18)8(2)3-9(7)14-6-12-15-5-11(13)19-12/h3-5,14H,6H2,1-2H3. The van der Waals surface area contributed by atoms with E-state index >= 15 is 0 Å². The molecule has 0 spiro atoms. The summed E-state index contributed by atoms with van der Waals surface area (Å²) in [5.74, 6) is 0. The third-order valence-electron chi connectivity index (χ3n) is 2.70. The second-order valence-corrected chi connectivity index (χ2v) is 5.87. The van der Waals surface area contributed by atoms with Crippen LogP contribution >= 0.6 is 22.9 Å². The molecule has 0 aliphatic carbocycles. The Morgan fingerprint density at radius 1 is 1.42 bits per heavy atom. The van der Waals surface area contributed by atoms with Crippen LogP contribution in [0.15, 0.2) is 18.3 Å². The minimum absolute atomic E-state index is 0.139. The smallest absolute Gasteiger partial charge is 0.272 e. The van der Waals surface area contributed by atoms with E-state index in [0.29, 0.717) is 16.4 Å². The van der Waals surface area contributed by atoms with Crippen molar-refractivity contribution in [3.05, 3.63) is 48.9 Å². The van der Waals surface area contributed by atoms with Gasteiger partial charge in [-0.05, 0) is 25.5 Å². The number of aromatic nitrogens is 1. The first-order valence-electron chi connectivity index (χ1n) is 5.57. The maximum absolute atomic E-state index is 10.8. The third kappa shape index (κ3) is 3.21. The van der Waals surface area contributed by atoms with Crippen molar-refractivity contribution >= 4 is 34.3 Å². The van der Waals surface area contributed by atoms with Crippen LogP contribution in [0.4, 0.5) is 11.4 Å². The van der Waals surface area contributed by atoms with Gasteiger partial charge in [0.05, 0.1) is 17.7 Å². The van der Waals surface area contributed by atoms with Gasteiger partial charge in [-0.3, -0.25) is 10.1 Å². The van der Waals surface area contributed by atoms with Crippen molar-refractivity contribution in [3.63, 3.8) is 0 Å². The summed E-state index contributed by atoms with van der Waals surface area (Å²) in [5.41, 5.74) is 2.48. The summed E-state index contributed by atoms with van der Waals surface area (Å²) in [6.07, 6.45) is 1.61. The summed E-state index contributed by atoms with van der Waals surface area (Å²) in [4.78, 5) is 14.6. The molecule has 0 aliphatic heterocycles. The molecule has 0 bridgehead atoms. The van der Waals surface area contributed by atoms with E-state index in [1.807, 2.05) is 6.92 Å². The summed E-state index contributed by atoms with van der Waals surface area (Å²) < 4.78 is 0.647. The fraction of sp³-hybridized carbons (Fsp3) is 0.250. The van der Waals surface area contributed by atoms with Gasteiger partial charge in [0.1, 0.15) is 9.34 Å². The molecule has 0 saturated heterocycles. The van der Waals surface area contributed by atoms with Crippen molar-refractivity contribution in [2.24, 2.45) is 0 Å². The predicted molar refractivity (Wildman–Crippen MR) is 77.0 cm³/mol. The quantitative estimate of drug-likeness (QED) is 0.685. The Morgan fingerprint density at radius 3 is 2.74 bits per heavy atom. The molecule has 0 aliphatic rings. The summed E-state index contributed by atoms with van der Waals surface area (Å²) in [6.45, 7) is 4.11. The molecule has 100 valence electrons. The molecule has 1 aromatic carbocycles. The SMILES string of the molecule is Cc1cc([N+](=O)[O-])c(C)cc1NCc1ncc(Cl)s1. The molecule has 19 heavy (non-hydrogen) atoms.